The van der Waals surface area contributed by atoms with Crippen molar-refractivity contribution in [1.29, 1.82) is 0 Å². The molecule has 2 N–H and O–H groups in total. The van der Waals surface area contributed by atoms with Gasteiger partial charge in [0.15, 0.2) is 23.3 Å². The average molecular weight is 790 g/mol. The van der Waals surface area contributed by atoms with Crippen molar-refractivity contribution in [3.8, 4) is 45.6 Å². The number of H-pyrrole nitrogens is 2. The lowest BCUT2D eigenvalue weighted by Gasteiger charge is -2.03. The number of aromatic nitrogens is 8. The number of halogens is 8. The molecule has 0 saturated carbocycles. The molecule has 2 aliphatic rings. The highest BCUT2D eigenvalue weighted by atomic mass is 35.5. The van der Waals surface area contributed by atoms with Crippen LogP contribution in [0, 0.1) is 0 Å². The maximum Gasteiger partial charge on any atom is 0.166 e. The molecular formula is C32H10Cl8N8. The number of aromatic amines is 2. The highest BCUT2D eigenvalue weighted by Gasteiger charge is 2.27. The van der Waals surface area contributed by atoms with E-state index in [1.54, 1.807) is 48.5 Å². The molecular weight excluding hydrogens is 780 g/mol. The van der Waals surface area contributed by atoms with Crippen LogP contribution >= 0.6 is 92.8 Å². The second kappa shape index (κ2) is 11.0. The summed E-state index contributed by atoms with van der Waals surface area (Å²) in [6, 6.07) is 13.8. The van der Waals surface area contributed by atoms with Crippen LogP contribution in [0.4, 0.5) is 0 Å². The third-order valence-electron chi connectivity index (χ3n) is 8.06. The second-order valence-corrected chi connectivity index (χ2v) is 13.9. The normalized spacial score (nSPS) is 12.2. The molecule has 3 aromatic heterocycles. The van der Waals surface area contributed by atoms with E-state index < -0.39 is 0 Å². The van der Waals surface area contributed by atoms with Crippen LogP contribution in [0.25, 0.3) is 89.7 Å². The number of benzene rings is 4. The van der Waals surface area contributed by atoms with E-state index in [0.717, 1.165) is 0 Å². The van der Waals surface area contributed by atoms with Gasteiger partial charge in [0.25, 0.3) is 0 Å². The summed E-state index contributed by atoms with van der Waals surface area (Å²) in [4.78, 5) is 35.8. The van der Waals surface area contributed by atoms with Gasteiger partial charge in [-0.3, -0.25) is 0 Å². The van der Waals surface area contributed by atoms with Gasteiger partial charge in [-0.15, -0.1) is 0 Å². The lowest BCUT2D eigenvalue weighted by Crippen LogP contribution is -1.85. The first-order valence-corrected chi connectivity index (χ1v) is 16.9. The summed E-state index contributed by atoms with van der Waals surface area (Å²) < 4.78 is 0. The van der Waals surface area contributed by atoms with Crippen LogP contribution in [-0.2, 0) is 0 Å². The van der Waals surface area contributed by atoms with Crippen LogP contribution in [0.3, 0.4) is 0 Å². The largest absolute Gasteiger partial charge is 0.324 e. The molecule has 0 amide bonds. The van der Waals surface area contributed by atoms with Crippen molar-refractivity contribution in [2.75, 3.05) is 0 Å². The minimum atomic E-state index is 0.245. The van der Waals surface area contributed by atoms with Crippen LogP contribution in [0.1, 0.15) is 0 Å². The maximum absolute atomic E-state index is 6.79. The second-order valence-electron chi connectivity index (χ2n) is 10.7. The Morgan fingerprint density at radius 1 is 0.354 bits per heavy atom. The third-order valence-corrected chi connectivity index (χ3v) is 11.3. The lowest BCUT2D eigenvalue weighted by molar-refractivity contribution is 1.19. The standard InChI is InChI=1S/C32H10Cl8N8/c33-13-5-1-9-17(21(13)37)29-41-25(9)45-30-18-10(2-6-14(34)22(18)38)27(42-30)47-32-20-12(4-8-16(36)24(20)40)28(44-32)48-31-19-11(26(43-31)46-29)3-7-15(35)23(19)39/h1-8H,(H2,41,42,43,44,45,46,47,48). The summed E-state index contributed by atoms with van der Waals surface area (Å²) >= 11 is 53.1. The molecule has 0 atom stereocenters. The van der Waals surface area contributed by atoms with Crippen LogP contribution in [0.15, 0.2) is 48.5 Å². The van der Waals surface area contributed by atoms with Gasteiger partial charge in [0.05, 0.1) is 51.3 Å². The van der Waals surface area contributed by atoms with E-state index in [4.69, 9.17) is 123 Å². The molecule has 8 nitrogen and oxygen atoms in total. The fourth-order valence-electron chi connectivity index (χ4n) is 5.89. The highest BCUT2D eigenvalue weighted by Crippen LogP contribution is 2.45. The van der Waals surface area contributed by atoms with E-state index in [9.17, 15) is 0 Å². The fourth-order valence-corrected chi connectivity index (χ4v) is 7.52. The van der Waals surface area contributed by atoms with Gasteiger partial charge >= 0.3 is 0 Å². The fraction of sp³-hybridized carbons (Fsp3) is 0. The molecule has 16 heteroatoms. The first-order valence-electron chi connectivity index (χ1n) is 13.8. The SMILES string of the molecule is Clc1ccc2c(c1Cl)-c1nc-2nc2[nH]c(nc3nc(nc4[nH]c(n1)c1ccc(Cl)c(Cl)c41)-c1ccc(Cl)c(Cl)c1-3)c1ccc(Cl)c(Cl)c21. The summed E-state index contributed by atoms with van der Waals surface area (Å²) in [6.45, 7) is 0. The van der Waals surface area contributed by atoms with Gasteiger partial charge in [-0.1, -0.05) is 92.8 Å². The summed E-state index contributed by atoms with van der Waals surface area (Å²) in [7, 11) is 0. The van der Waals surface area contributed by atoms with Crippen molar-refractivity contribution < 1.29 is 0 Å². The van der Waals surface area contributed by atoms with Gasteiger partial charge in [0.1, 0.15) is 22.6 Å². The molecule has 0 aliphatic carbocycles. The number of nitrogens with zero attached hydrogens (tertiary/aromatic N) is 6. The first-order chi connectivity index (χ1) is 23.1. The van der Waals surface area contributed by atoms with E-state index in [1.165, 1.54) is 0 Å². The molecule has 4 aromatic carbocycles. The van der Waals surface area contributed by atoms with E-state index >= 15 is 0 Å². The Morgan fingerprint density at radius 2 is 0.708 bits per heavy atom. The van der Waals surface area contributed by atoms with Gasteiger partial charge in [0.2, 0.25) is 0 Å². The van der Waals surface area contributed by atoms with Crippen molar-refractivity contribution in [2.24, 2.45) is 0 Å². The predicted octanol–water partition coefficient (Wildman–Crippen LogP) is 12.1. The van der Waals surface area contributed by atoms with Crippen LogP contribution in [0.2, 0.25) is 40.2 Å². The first kappa shape index (κ1) is 30.6. The molecule has 0 radical (unpaired) electrons. The van der Waals surface area contributed by atoms with Crippen molar-refractivity contribution in [3.05, 3.63) is 88.7 Å². The Kier molecular flexibility index (Phi) is 7.04. The smallest absolute Gasteiger partial charge is 0.166 e. The number of nitrogens with one attached hydrogen (secondary N) is 2. The predicted molar refractivity (Wildman–Crippen MR) is 196 cm³/mol. The maximum atomic E-state index is 6.79. The van der Waals surface area contributed by atoms with Crippen LogP contribution in [-0.4, -0.2) is 39.9 Å². The monoisotopic (exact) mass is 786 g/mol. The quantitative estimate of drug-likeness (QED) is 0.158. The van der Waals surface area contributed by atoms with Crippen molar-refractivity contribution >= 4 is 137 Å². The van der Waals surface area contributed by atoms with Gasteiger partial charge in [-0.05, 0) is 48.5 Å². The molecule has 5 heterocycles. The molecule has 0 saturated heterocycles. The lowest BCUT2D eigenvalue weighted by atomic mass is 10.1. The Morgan fingerprint density at radius 3 is 1.12 bits per heavy atom. The number of fused-ring (bicyclic) bond motifs is 20. The molecule has 0 unspecified atom stereocenters. The highest BCUT2D eigenvalue weighted by molar-refractivity contribution is 6.48. The Balaban J connectivity index is 1.55. The number of rotatable bonds is 0. The van der Waals surface area contributed by atoms with Gasteiger partial charge < -0.3 is 9.97 Å². The molecule has 48 heavy (non-hydrogen) atoms. The number of hydrogen-bond donors (Lipinski definition) is 2. The molecule has 0 spiro atoms. The Bertz CT molecular complexity index is 2600. The van der Waals surface area contributed by atoms with Gasteiger partial charge in [-0.25, -0.2) is 29.9 Å². The van der Waals surface area contributed by atoms with Crippen molar-refractivity contribution in [1.82, 2.24) is 39.9 Å². The third kappa shape index (κ3) is 4.45. The number of hydrogen-bond acceptors (Lipinski definition) is 6. The van der Waals surface area contributed by atoms with E-state index in [-0.39, 0.29) is 43.4 Å². The summed E-state index contributed by atoms with van der Waals surface area (Å²) in [5.41, 5.74) is 3.56. The molecule has 0 fully saturated rings. The Labute approximate surface area is 309 Å². The molecule has 234 valence electrons. The zero-order valence-corrected chi connectivity index (χ0v) is 29.4. The van der Waals surface area contributed by atoms with E-state index in [0.29, 0.717) is 86.5 Å². The summed E-state index contributed by atoms with van der Waals surface area (Å²) in [5, 5.41) is 4.57. The van der Waals surface area contributed by atoms with Crippen LogP contribution in [0.5, 0.6) is 0 Å². The topological polar surface area (TPSA) is 109 Å². The summed E-state index contributed by atoms with van der Waals surface area (Å²) in [6.07, 6.45) is 0. The summed E-state index contributed by atoms with van der Waals surface area (Å²) in [5.74, 6) is 1.07. The average Bonchev–Trinajstić information content (AvgIpc) is 3.79. The van der Waals surface area contributed by atoms with Crippen molar-refractivity contribution in [3.63, 3.8) is 0 Å². The molecule has 2 aliphatic heterocycles. The Hall–Kier alpha value is -3.44. The minimum absolute atomic E-state index is 0.245. The molecule has 7 aromatic rings. The zero-order chi connectivity index (χ0) is 33.2. The van der Waals surface area contributed by atoms with E-state index in [2.05, 4.69) is 9.97 Å². The van der Waals surface area contributed by atoms with Crippen LogP contribution < -0.4 is 0 Å². The van der Waals surface area contributed by atoms with E-state index in [1.807, 2.05) is 0 Å². The molecule has 9 rings (SSSR count). The van der Waals surface area contributed by atoms with Gasteiger partial charge in [0, 0.05) is 32.7 Å². The zero-order valence-electron chi connectivity index (χ0n) is 23.3. The van der Waals surface area contributed by atoms with Crippen molar-refractivity contribution in [2.45, 2.75) is 0 Å². The minimum Gasteiger partial charge on any atom is -0.324 e. The van der Waals surface area contributed by atoms with Gasteiger partial charge in [-0.2, -0.15) is 0 Å². The molecule has 8 bridgehead atoms.